The fourth-order valence-electron chi connectivity index (χ4n) is 3.99. The summed E-state index contributed by atoms with van der Waals surface area (Å²) >= 11 is 1.35. The minimum absolute atomic E-state index is 0.00183. The molecule has 4 rings (SSSR count). The van der Waals surface area contributed by atoms with Crippen LogP contribution >= 0.6 is 11.3 Å². The molecule has 2 aliphatic heterocycles. The lowest BCUT2D eigenvalue weighted by Crippen LogP contribution is -2.48. The van der Waals surface area contributed by atoms with Crippen LogP contribution in [0.1, 0.15) is 49.0 Å². The molecule has 1 amide bonds. The Hall–Kier alpha value is -2.19. The van der Waals surface area contributed by atoms with Crippen molar-refractivity contribution in [3.05, 3.63) is 38.8 Å². The van der Waals surface area contributed by atoms with Crippen molar-refractivity contribution in [2.75, 3.05) is 19.7 Å². The second-order valence-electron chi connectivity index (χ2n) is 6.94. The van der Waals surface area contributed by atoms with E-state index >= 15 is 0 Å². The van der Waals surface area contributed by atoms with Gasteiger partial charge < -0.3 is 14.7 Å². The summed E-state index contributed by atoms with van der Waals surface area (Å²) in [6.07, 6.45) is 3.88. The Kier molecular flexibility index (Phi) is 4.11. The van der Waals surface area contributed by atoms with Crippen LogP contribution in [0.15, 0.2) is 12.3 Å². The molecule has 0 atom stereocenters. The Morgan fingerprint density at radius 1 is 1.35 bits per heavy atom. The number of piperidine rings is 1. The maximum atomic E-state index is 12.8. The zero-order chi connectivity index (χ0) is 18.5. The van der Waals surface area contributed by atoms with Crippen LogP contribution in [-0.4, -0.2) is 51.4 Å². The minimum Gasteiger partial charge on any atom is -0.477 e. The third-order valence-electron chi connectivity index (χ3n) is 5.32. The lowest BCUT2D eigenvalue weighted by molar-refractivity contribution is -0.0926. The van der Waals surface area contributed by atoms with E-state index in [0.717, 1.165) is 22.6 Å². The van der Waals surface area contributed by atoms with Crippen LogP contribution in [0.4, 0.5) is 0 Å². The normalized spacial score (nSPS) is 18.8. The second kappa shape index (κ2) is 6.21. The van der Waals surface area contributed by atoms with Crippen LogP contribution < -0.4 is 0 Å². The number of hydrogen-bond acceptors (Lipinski definition) is 5. The zero-order valence-corrected chi connectivity index (χ0v) is 15.6. The van der Waals surface area contributed by atoms with Gasteiger partial charge in [-0.25, -0.2) is 4.79 Å². The molecule has 7 nitrogen and oxygen atoms in total. The summed E-state index contributed by atoms with van der Waals surface area (Å²) in [5.74, 6) is -0.891. The van der Waals surface area contributed by atoms with Crippen molar-refractivity contribution in [1.29, 1.82) is 0 Å². The third-order valence-corrected chi connectivity index (χ3v) is 6.50. The van der Waals surface area contributed by atoms with Gasteiger partial charge in [0.1, 0.15) is 4.88 Å². The molecule has 1 saturated heterocycles. The smallest absolute Gasteiger partial charge is 0.345 e. The summed E-state index contributed by atoms with van der Waals surface area (Å²) in [4.78, 5) is 27.4. The molecule has 138 valence electrons. The standard InChI is InChI=1S/C18H21N3O4S/c1-11-12(10-20(2)19-11)16(22)21-6-4-18(5-7-21)13-9-15(17(23)24)26-14(13)3-8-25-18/h9-10H,3-8H2,1-2H3,(H,23,24). The maximum absolute atomic E-state index is 12.8. The number of aryl methyl sites for hydroxylation is 2. The van der Waals surface area contributed by atoms with Crippen molar-refractivity contribution in [1.82, 2.24) is 14.7 Å². The van der Waals surface area contributed by atoms with Gasteiger partial charge in [0.25, 0.3) is 5.91 Å². The third kappa shape index (κ3) is 2.73. The molecule has 0 unspecified atom stereocenters. The van der Waals surface area contributed by atoms with Gasteiger partial charge in [-0.2, -0.15) is 5.10 Å². The predicted octanol–water partition coefficient (Wildman–Crippen LogP) is 2.19. The Balaban J connectivity index is 1.55. The van der Waals surface area contributed by atoms with Gasteiger partial charge in [0.05, 0.1) is 23.5 Å². The van der Waals surface area contributed by atoms with Gasteiger partial charge in [0.15, 0.2) is 0 Å². The summed E-state index contributed by atoms with van der Waals surface area (Å²) in [5, 5.41) is 13.5. The van der Waals surface area contributed by atoms with Gasteiger partial charge in [0, 0.05) is 37.6 Å². The number of aromatic carboxylic acids is 1. The highest BCUT2D eigenvalue weighted by atomic mass is 32.1. The molecule has 8 heteroatoms. The average molecular weight is 375 g/mol. The first kappa shape index (κ1) is 17.2. The van der Waals surface area contributed by atoms with E-state index in [2.05, 4.69) is 5.10 Å². The molecule has 2 aromatic rings. The van der Waals surface area contributed by atoms with Crippen LogP contribution in [0.2, 0.25) is 0 Å². The molecule has 1 fully saturated rings. The molecule has 1 spiro atoms. The molecule has 0 bridgehead atoms. The highest BCUT2D eigenvalue weighted by molar-refractivity contribution is 7.14. The Bertz CT molecular complexity index is 877. The highest BCUT2D eigenvalue weighted by Crippen LogP contribution is 2.44. The second-order valence-corrected chi connectivity index (χ2v) is 8.08. The van der Waals surface area contributed by atoms with Crippen LogP contribution in [0.3, 0.4) is 0 Å². The number of aromatic nitrogens is 2. The van der Waals surface area contributed by atoms with E-state index in [1.54, 1.807) is 16.9 Å². The minimum atomic E-state index is -0.890. The molecule has 2 aromatic heterocycles. The van der Waals surface area contributed by atoms with E-state index in [9.17, 15) is 14.7 Å². The Morgan fingerprint density at radius 3 is 2.69 bits per heavy atom. The molecule has 1 N–H and O–H groups in total. The summed E-state index contributed by atoms with van der Waals surface area (Å²) in [5.41, 5.74) is 1.92. The fraction of sp³-hybridized carbons (Fsp3) is 0.500. The fourth-order valence-corrected chi connectivity index (χ4v) is 5.06. The van der Waals surface area contributed by atoms with E-state index in [4.69, 9.17) is 4.74 Å². The lowest BCUT2D eigenvalue weighted by Gasteiger charge is -2.44. The number of ether oxygens (including phenoxy) is 1. The van der Waals surface area contributed by atoms with Gasteiger partial charge in [-0.15, -0.1) is 11.3 Å². The number of carbonyl (C=O) groups is 2. The van der Waals surface area contributed by atoms with Gasteiger partial charge in [-0.05, 0) is 31.4 Å². The van der Waals surface area contributed by atoms with Crippen LogP contribution in [0, 0.1) is 6.92 Å². The number of rotatable bonds is 2. The number of thiophene rings is 1. The van der Waals surface area contributed by atoms with E-state index in [1.807, 2.05) is 18.9 Å². The number of hydrogen-bond donors (Lipinski definition) is 1. The predicted molar refractivity (Wildman–Crippen MR) is 95.7 cm³/mol. The molecule has 4 heterocycles. The molecule has 0 aromatic carbocycles. The molecule has 0 radical (unpaired) electrons. The summed E-state index contributed by atoms with van der Waals surface area (Å²) in [7, 11) is 1.81. The first-order chi connectivity index (χ1) is 12.4. The van der Waals surface area contributed by atoms with Crippen LogP contribution in [0.5, 0.6) is 0 Å². The number of carboxylic acid groups (broad SMARTS) is 1. The number of carbonyl (C=O) groups excluding carboxylic acids is 1. The van der Waals surface area contributed by atoms with Gasteiger partial charge in [0.2, 0.25) is 0 Å². The van der Waals surface area contributed by atoms with Crippen molar-refractivity contribution in [3.63, 3.8) is 0 Å². The van der Waals surface area contributed by atoms with Crippen molar-refractivity contribution in [3.8, 4) is 0 Å². The molecular formula is C18H21N3O4S. The van der Waals surface area contributed by atoms with Crippen molar-refractivity contribution < 1.29 is 19.4 Å². The number of nitrogens with zero attached hydrogens (tertiary/aromatic N) is 3. The topological polar surface area (TPSA) is 84.7 Å². The number of fused-ring (bicyclic) bond motifs is 2. The first-order valence-electron chi connectivity index (χ1n) is 8.69. The van der Waals surface area contributed by atoms with Gasteiger partial charge in [-0.1, -0.05) is 0 Å². The number of likely N-dealkylation sites (tertiary alicyclic amines) is 1. The molecular weight excluding hydrogens is 354 g/mol. The lowest BCUT2D eigenvalue weighted by atomic mass is 9.82. The quantitative estimate of drug-likeness (QED) is 0.870. The molecule has 0 aliphatic carbocycles. The first-order valence-corrected chi connectivity index (χ1v) is 9.51. The van der Waals surface area contributed by atoms with Crippen molar-refractivity contribution >= 4 is 23.2 Å². The summed E-state index contributed by atoms with van der Waals surface area (Å²) in [6.45, 7) is 3.62. The van der Waals surface area contributed by atoms with Crippen LogP contribution in [-0.2, 0) is 23.8 Å². The molecule has 2 aliphatic rings. The maximum Gasteiger partial charge on any atom is 0.345 e. The van der Waals surface area contributed by atoms with E-state index in [0.29, 0.717) is 43.0 Å². The summed E-state index contributed by atoms with van der Waals surface area (Å²) < 4.78 is 7.80. The molecule has 26 heavy (non-hydrogen) atoms. The Labute approximate surface area is 155 Å². The molecule has 0 saturated carbocycles. The van der Waals surface area contributed by atoms with Crippen molar-refractivity contribution in [2.45, 2.75) is 31.8 Å². The summed E-state index contributed by atoms with van der Waals surface area (Å²) in [6, 6.07) is 1.77. The highest BCUT2D eigenvalue weighted by Gasteiger charge is 2.43. The van der Waals surface area contributed by atoms with Gasteiger partial charge in [-0.3, -0.25) is 9.48 Å². The Morgan fingerprint density at radius 2 is 2.08 bits per heavy atom. The van der Waals surface area contributed by atoms with E-state index < -0.39 is 11.6 Å². The number of amides is 1. The SMILES string of the molecule is Cc1nn(C)cc1C(=O)N1CCC2(CC1)OCCc1sc(C(=O)O)cc12. The van der Waals surface area contributed by atoms with Crippen molar-refractivity contribution in [2.24, 2.45) is 7.05 Å². The van der Waals surface area contributed by atoms with E-state index in [-0.39, 0.29) is 5.91 Å². The van der Waals surface area contributed by atoms with Crippen LogP contribution in [0.25, 0.3) is 0 Å². The number of carboxylic acids is 1. The van der Waals surface area contributed by atoms with E-state index in [1.165, 1.54) is 11.3 Å². The monoisotopic (exact) mass is 375 g/mol. The average Bonchev–Trinajstić information content (AvgIpc) is 3.19. The zero-order valence-electron chi connectivity index (χ0n) is 14.8. The largest absolute Gasteiger partial charge is 0.477 e. The van der Waals surface area contributed by atoms with Gasteiger partial charge >= 0.3 is 5.97 Å².